The van der Waals surface area contributed by atoms with E-state index >= 15 is 0 Å². The Morgan fingerprint density at radius 1 is 0.417 bits per heavy atom. The fourth-order valence-corrected chi connectivity index (χ4v) is 18.0. The predicted molar refractivity (Wildman–Crippen MR) is 373 cm³/mol. The summed E-state index contributed by atoms with van der Waals surface area (Å²) in [5.41, 5.74) is -5.00. The molecule has 0 bridgehead atoms. The molecular formula is C54H67BrN13O41P6+. The van der Waals surface area contributed by atoms with E-state index in [9.17, 15) is 115 Å². The van der Waals surface area contributed by atoms with Crippen LogP contribution in [0.4, 0.5) is 5.82 Å². The van der Waals surface area contributed by atoms with Gasteiger partial charge >= 0.3 is 81.5 Å². The van der Waals surface area contributed by atoms with Crippen molar-refractivity contribution in [2.75, 3.05) is 45.4 Å². The molecule has 0 saturated carbocycles. The zero-order valence-corrected chi connectivity index (χ0v) is 65.0. The molecule has 6 aliphatic heterocycles. The van der Waals surface area contributed by atoms with Gasteiger partial charge in [0.1, 0.15) is 117 Å². The van der Waals surface area contributed by atoms with Crippen LogP contribution in [0.3, 0.4) is 0 Å². The van der Waals surface area contributed by atoms with E-state index in [0.29, 0.717) is 0 Å². The first-order valence-electron chi connectivity index (χ1n) is 33.4. The SMILES string of the molecule is Nc1ccn([C@H]2C[C@H](OP(=O)(O)OC[C@H]3O[C@@H](n4ccc(=O)[nH]c4=O)C[C@@H]3OP(=O)(O)OC[C@H]3O[C@@H](n4ccc(=O)[nH]c4=O)C[C@@H]3OP(=O)(O)OC[C@H]3O[C@@H](n4cc(Br)c(=O)[nH]c4=O)C[C@@H]3OP(=O)(O)OC[C@H]3O[C@@H](n4ccc(=O)[nH]c4=O)C[C@@H]3OP(=O)(O)OC[C@H]3O[C@@H](n4ccc(=O)[nH]c4=O)C[C@@H]3O)[C@@H](CO[P+](=O)O)O2)c(=O)n1. The number of aliphatic hydroxyl groups is 1. The predicted octanol–water partition coefficient (Wildman–Crippen LogP) is -3.40. The van der Waals surface area contributed by atoms with Gasteiger partial charge in [0.25, 0.3) is 27.8 Å². The third-order valence-corrected chi connectivity index (χ3v) is 23.8. The van der Waals surface area contributed by atoms with Crippen molar-refractivity contribution in [2.24, 2.45) is 0 Å². The molecule has 24 atom stereocenters. The van der Waals surface area contributed by atoms with E-state index in [2.05, 4.69) is 20.9 Å². The number of aromatic nitrogens is 12. The van der Waals surface area contributed by atoms with Gasteiger partial charge in [0.15, 0.2) is 0 Å². The van der Waals surface area contributed by atoms with Crippen molar-refractivity contribution >= 4 is 69.1 Å². The van der Waals surface area contributed by atoms with E-state index in [1.807, 2.05) is 24.9 Å². The first kappa shape index (κ1) is 87.2. The summed E-state index contributed by atoms with van der Waals surface area (Å²) in [6, 6.07) is 4.86. The van der Waals surface area contributed by atoms with E-state index in [-0.39, 0.29) is 16.7 Å². The minimum Gasteiger partial charge on any atom is -0.390 e. The van der Waals surface area contributed by atoms with Gasteiger partial charge in [0, 0.05) is 105 Å². The zero-order chi connectivity index (χ0) is 83.0. The minimum absolute atomic E-state index is 0.178. The van der Waals surface area contributed by atoms with Crippen LogP contribution in [-0.2, 0) is 106 Å². The molecule has 0 spiro atoms. The Bertz CT molecular complexity index is 5580. The van der Waals surface area contributed by atoms with Crippen molar-refractivity contribution < 1.29 is 140 Å². The zero-order valence-electron chi connectivity index (χ0n) is 58.0. The van der Waals surface area contributed by atoms with Gasteiger partial charge in [0.2, 0.25) is 0 Å². The number of aromatic amines is 5. The Labute approximate surface area is 645 Å². The summed E-state index contributed by atoms with van der Waals surface area (Å²) in [5, 5.41) is 10.7. The van der Waals surface area contributed by atoms with Crippen LogP contribution in [0, 0.1) is 0 Å². The number of phosphoric acid groups is 5. The van der Waals surface area contributed by atoms with Crippen LogP contribution >= 0.6 is 63.3 Å². The fraction of sp³-hybridized carbons (Fsp3) is 0.556. The minimum atomic E-state index is -5.71. The van der Waals surface area contributed by atoms with Crippen molar-refractivity contribution in [1.29, 1.82) is 0 Å². The highest BCUT2D eigenvalue weighted by Crippen LogP contribution is 2.56. The van der Waals surface area contributed by atoms with Gasteiger partial charge in [0.05, 0.1) is 43.6 Å². The van der Waals surface area contributed by atoms with Crippen LogP contribution in [-0.4, -0.2) is 205 Å². The van der Waals surface area contributed by atoms with Crippen LogP contribution in [0.25, 0.3) is 0 Å². The quantitative estimate of drug-likeness (QED) is 0.0175. The molecule has 0 aliphatic carbocycles. The van der Waals surface area contributed by atoms with Crippen molar-refractivity contribution in [3.05, 3.63) is 187 Å². The van der Waals surface area contributed by atoms with E-state index < -0.39 is 292 Å². The molecule has 0 amide bonds. The first-order chi connectivity index (χ1) is 54.1. The maximum absolute atomic E-state index is 14.2. The Balaban J connectivity index is 0.728. The van der Waals surface area contributed by atoms with Crippen molar-refractivity contribution in [3.63, 3.8) is 0 Å². The van der Waals surface area contributed by atoms with Crippen molar-refractivity contribution in [2.45, 2.75) is 149 Å². The number of hydrogen-bond acceptors (Lipinski definition) is 37. The second-order valence-electron chi connectivity index (χ2n) is 25.6. The van der Waals surface area contributed by atoms with Gasteiger partial charge in [-0.2, -0.15) is 4.98 Å². The molecule has 115 heavy (non-hydrogen) atoms. The molecule has 12 rings (SSSR count). The molecule has 61 heteroatoms. The average molecular weight is 1820 g/mol. The molecule has 54 nitrogen and oxygen atoms in total. The Hall–Kier alpha value is -7.15. The van der Waals surface area contributed by atoms with E-state index in [1.54, 1.807) is 0 Å². The van der Waals surface area contributed by atoms with E-state index in [1.165, 1.54) is 12.3 Å². The number of halogens is 1. The Kier molecular flexibility index (Phi) is 27.1. The molecule has 6 aromatic rings. The van der Waals surface area contributed by atoms with Gasteiger partial charge in [-0.05, 0) is 22.0 Å². The number of rotatable bonds is 34. The van der Waals surface area contributed by atoms with Crippen molar-refractivity contribution in [1.82, 2.24) is 57.3 Å². The van der Waals surface area contributed by atoms with Crippen molar-refractivity contribution in [3.8, 4) is 0 Å². The number of nitrogens with two attached hydrogens (primary N) is 1. The molecule has 0 aromatic carbocycles. The maximum atomic E-state index is 14.2. The lowest BCUT2D eigenvalue weighted by atomic mass is 10.2. The Morgan fingerprint density at radius 2 is 0.687 bits per heavy atom. The number of nitrogen functional groups attached to an aromatic ring is 1. The molecule has 6 aromatic heterocycles. The molecule has 6 aliphatic rings. The fourth-order valence-electron chi connectivity index (χ4n) is 12.6. The lowest BCUT2D eigenvalue weighted by Crippen LogP contribution is -2.33. The van der Waals surface area contributed by atoms with Gasteiger partial charge in [-0.1, -0.05) is 0 Å². The van der Waals surface area contributed by atoms with Gasteiger partial charge in [-0.15, -0.1) is 9.42 Å². The smallest absolute Gasteiger partial charge is 0.390 e. The summed E-state index contributed by atoms with van der Waals surface area (Å²) >= 11 is 2.97. The highest BCUT2D eigenvalue weighted by molar-refractivity contribution is 9.10. The molecule has 0 radical (unpaired) electrons. The van der Waals surface area contributed by atoms with Crippen LogP contribution in [0.1, 0.15) is 75.9 Å². The van der Waals surface area contributed by atoms with E-state index in [0.717, 1.165) is 82.7 Å². The number of nitrogens with zero attached hydrogens (tertiary/aromatic N) is 7. The number of H-pyrrole nitrogens is 5. The normalized spacial score (nSPS) is 30.3. The van der Waals surface area contributed by atoms with E-state index in [4.69, 9.17) is 83.9 Å². The summed E-state index contributed by atoms with van der Waals surface area (Å²) in [6.45, 7) is -6.36. The number of hydrogen-bond donors (Lipinski definition) is 13. The first-order valence-corrected chi connectivity index (χ1v) is 42.8. The largest absolute Gasteiger partial charge is 0.694 e. The summed E-state index contributed by atoms with van der Waals surface area (Å²) in [7, 11) is -31.1. The molecule has 12 heterocycles. The summed E-state index contributed by atoms with van der Waals surface area (Å²) in [5.74, 6) is -0.178. The third kappa shape index (κ3) is 22.2. The van der Waals surface area contributed by atoms with Crippen LogP contribution in [0.15, 0.2) is 125 Å². The number of nitrogens with one attached hydrogen (secondary N) is 5. The third-order valence-electron chi connectivity index (χ3n) is 17.9. The summed E-state index contributed by atoms with van der Waals surface area (Å²) in [4.78, 5) is 217. The monoisotopic (exact) mass is 1820 g/mol. The summed E-state index contributed by atoms with van der Waals surface area (Å²) in [6.07, 6.45) is -26.5. The standard InChI is InChI=1S/C54H66BrN13O41P6/c55-24-17-68(54(80)62-48(24)74)47-16-30(109-115(91,92)97-21-33-27(13-44(101-33)65-8-3-39(71)59-51(65)77)106-111(83,84)94-19-31-25(69)11-42(99-31)64-7-2-38(70)58-50(64)76)36(104-47)23-98-114(89,90)108-29-15-46(67-10-5-41(73)61-53(67)79)103-35(29)22-96-113(87,88)107-28-14-45(66-9-4-40(72)60-52(66)78)102-34(28)20-95-112(85,86)105-26-12-43(100-32(26)18-93-110(81)82)63-6-1-37(56)57-49(63)75/h1-10,17,25-36,42-47,69H,11-16,18-23H2,(H12-,56,57,58,59,60,61,62,70,71,72,73,74,75,76,77,78,79,80,81,82,83,84,85,86,87,88,89,90,91,92)/p+1/t25-,26-,27-,28-,29-,30-,31+,32+,33+,34+,35+,36+,42+,43+,44+,45+,46+,47+/m0/s1. The summed E-state index contributed by atoms with van der Waals surface area (Å²) < 4.78 is 179. The van der Waals surface area contributed by atoms with Gasteiger partial charge in [-0.3, -0.25) is 122 Å². The van der Waals surface area contributed by atoms with Crippen LogP contribution < -0.4 is 67.7 Å². The Morgan fingerprint density at radius 3 is 1.00 bits per heavy atom. The van der Waals surface area contributed by atoms with Gasteiger partial charge in [-0.25, -0.2) is 51.6 Å². The number of phosphoric ester groups is 5. The van der Waals surface area contributed by atoms with Crippen LogP contribution in [0.2, 0.25) is 0 Å². The second kappa shape index (κ2) is 35.8. The lowest BCUT2D eigenvalue weighted by molar-refractivity contribution is -0.0656. The second-order valence-corrected chi connectivity index (χ2v) is 34.2. The average Bonchev–Trinajstić information content (AvgIpc) is 1.75. The highest BCUT2D eigenvalue weighted by atomic mass is 79.9. The lowest BCUT2D eigenvalue weighted by Gasteiger charge is -2.26. The molecule has 6 fully saturated rings. The molecule has 6 unspecified atom stereocenters. The molecule has 14 N–H and O–H groups in total. The number of anilines is 1. The van der Waals surface area contributed by atoms with Gasteiger partial charge < -0.3 is 63.7 Å². The maximum Gasteiger partial charge on any atom is 0.694 e. The molecular weight excluding hydrogens is 1750 g/mol. The highest BCUT2D eigenvalue weighted by Gasteiger charge is 2.52. The molecule has 630 valence electrons. The number of aliphatic hydroxyl groups excluding tert-OH is 1. The number of ether oxygens (including phenoxy) is 6. The topological polar surface area (TPSA) is 736 Å². The van der Waals surface area contributed by atoms with Crippen LogP contribution in [0.5, 0.6) is 0 Å². The molecule has 6 saturated heterocycles.